The molecule has 0 fully saturated rings. The number of benzene rings is 2. The molecular formula is C23H31N3O5S. The third-order valence-electron chi connectivity index (χ3n) is 4.35. The van der Waals surface area contributed by atoms with E-state index in [1.807, 2.05) is 27.7 Å². The van der Waals surface area contributed by atoms with Gasteiger partial charge in [-0.1, -0.05) is 0 Å². The molecule has 2 aromatic carbocycles. The number of hydrogen-bond acceptors (Lipinski definition) is 5. The van der Waals surface area contributed by atoms with E-state index in [4.69, 9.17) is 4.74 Å². The molecular weight excluding hydrogens is 430 g/mol. The normalized spacial score (nSPS) is 11.5. The summed E-state index contributed by atoms with van der Waals surface area (Å²) >= 11 is 0. The van der Waals surface area contributed by atoms with Gasteiger partial charge in [0.15, 0.2) is 0 Å². The molecule has 0 aliphatic rings. The molecule has 0 radical (unpaired) electrons. The predicted molar refractivity (Wildman–Crippen MR) is 124 cm³/mol. The van der Waals surface area contributed by atoms with Crippen LogP contribution in [-0.2, 0) is 14.8 Å². The molecule has 8 nitrogen and oxygen atoms in total. The molecule has 0 bridgehead atoms. The summed E-state index contributed by atoms with van der Waals surface area (Å²) in [6, 6.07) is 12.2. The maximum atomic E-state index is 12.8. The highest BCUT2D eigenvalue weighted by atomic mass is 32.2. The average molecular weight is 462 g/mol. The minimum atomic E-state index is -3.79. The first-order valence-electron chi connectivity index (χ1n) is 10.4. The monoisotopic (exact) mass is 461 g/mol. The Hall–Kier alpha value is -3.07. The Morgan fingerprint density at radius 2 is 1.56 bits per heavy atom. The Morgan fingerprint density at radius 3 is 2.06 bits per heavy atom. The highest BCUT2D eigenvalue weighted by molar-refractivity contribution is 7.92. The quantitative estimate of drug-likeness (QED) is 0.596. The van der Waals surface area contributed by atoms with Gasteiger partial charge < -0.3 is 15.0 Å². The molecule has 0 heterocycles. The highest BCUT2D eigenvalue weighted by Crippen LogP contribution is 2.20. The van der Waals surface area contributed by atoms with Crippen LogP contribution in [0.2, 0.25) is 0 Å². The first-order valence-corrected chi connectivity index (χ1v) is 11.9. The van der Waals surface area contributed by atoms with Gasteiger partial charge in [0, 0.05) is 23.3 Å². The van der Waals surface area contributed by atoms with Crippen molar-refractivity contribution in [3.05, 3.63) is 54.1 Å². The number of nitrogens with one attached hydrogen (secondary N) is 2. The molecule has 9 heteroatoms. The zero-order valence-electron chi connectivity index (χ0n) is 19.1. The second-order valence-electron chi connectivity index (χ2n) is 8.20. The minimum Gasteiger partial charge on any atom is -0.494 e. The Morgan fingerprint density at radius 1 is 0.969 bits per heavy atom. The Labute approximate surface area is 190 Å². The Balaban J connectivity index is 2.07. The maximum absolute atomic E-state index is 12.8. The Bertz CT molecular complexity index is 1030. The molecule has 174 valence electrons. The van der Waals surface area contributed by atoms with Crippen LogP contribution in [0.1, 0.15) is 45.0 Å². The summed E-state index contributed by atoms with van der Waals surface area (Å²) < 4.78 is 33.0. The SMILES string of the molecule is CCOc1ccc(S(=O)(=O)Nc2ccc(C(=O)N(CC)CC(=O)NC(C)(C)C)cc2)cc1. The van der Waals surface area contributed by atoms with E-state index in [0.717, 1.165) is 0 Å². The number of amides is 2. The summed E-state index contributed by atoms with van der Waals surface area (Å²) in [4.78, 5) is 26.5. The number of hydrogen-bond donors (Lipinski definition) is 2. The lowest BCUT2D eigenvalue weighted by atomic mass is 10.1. The fourth-order valence-electron chi connectivity index (χ4n) is 2.92. The topological polar surface area (TPSA) is 105 Å². The van der Waals surface area contributed by atoms with Gasteiger partial charge in [0.2, 0.25) is 5.91 Å². The van der Waals surface area contributed by atoms with Gasteiger partial charge in [-0.2, -0.15) is 0 Å². The summed E-state index contributed by atoms with van der Waals surface area (Å²) in [6.07, 6.45) is 0. The van der Waals surface area contributed by atoms with Gasteiger partial charge in [-0.25, -0.2) is 8.42 Å². The molecule has 0 atom stereocenters. The van der Waals surface area contributed by atoms with Crippen LogP contribution in [0.4, 0.5) is 5.69 Å². The minimum absolute atomic E-state index is 0.0568. The van der Waals surface area contributed by atoms with Crippen LogP contribution in [0.5, 0.6) is 5.75 Å². The van der Waals surface area contributed by atoms with E-state index in [2.05, 4.69) is 10.0 Å². The summed E-state index contributed by atoms with van der Waals surface area (Å²) in [5, 5.41) is 2.83. The zero-order valence-corrected chi connectivity index (χ0v) is 20.0. The van der Waals surface area contributed by atoms with Crippen molar-refractivity contribution in [2.24, 2.45) is 0 Å². The van der Waals surface area contributed by atoms with E-state index in [1.165, 1.54) is 41.3 Å². The maximum Gasteiger partial charge on any atom is 0.261 e. The number of likely N-dealkylation sites (N-methyl/N-ethyl adjacent to an activating group) is 1. The molecule has 2 aromatic rings. The third kappa shape index (κ3) is 7.26. The van der Waals surface area contributed by atoms with Crippen LogP contribution in [0, 0.1) is 0 Å². The second kappa shape index (κ2) is 10.5. The van der Waals surface area contributed by atoms with Crippen molar-refractivity contribution >= 4 is 27.5 Å². The smallest absolute Gasteiger partial charge is 0.261 e. The average Bonchev–Trinajstić information content (AvgIpc) is 2.71. The molecule has 0 spiro atoms. The van der Waals surface area contributed by atoms with Crippen molar-refractivity contribution in [1.82, 2.24) is 10.2 Å². The van der Waals surface area contributed by atoms with Crippen molar-refractivity contribution < 1.29 is 22.7 Å². The number of carbonyl (C=O) groups is 2. The molecule has 0 aromatic heterocycles. The van der Waals surface area contributed by atoms with Crippen molar-refractivity contribution in [1.29, 1.82) is 0 Å². The van der Waals surface area contributed by atoms with Crippen molar-refractivity contribution in [2.45, 2.75) is 45.1 Å². The van der Waals surface area contributed by atoms with Gasteiger partial charge in [0.05, 0.1) is 18.0 Å². The molecule has 0 unspecified atom stereocenters. The summed E-state index contributed by atoms with van der Waals surface area (Å²) in [5.74, 6) is 0.0379. The van der Waals surface area contributed by atoms with E-state index < -0.39 is 10.0 Å². The summed E-state index contributed by atoms with van der Waals surface area (Å²) in [7, 11) is -3.79. The van der Waals surface area contributed by atoms with E-state index in [1.54, 1.807) is 19.1 Å². The van der Waals surface area contributed by atoms with Crippen molar-refractivity contribution in [3.8, 4) is 5.75 Å². The Kier molecular flexibility index (Phi) is 8.26. The fraction of sp³-hybridized carbons (Fsp3) is 0.391. The first-order chi connectivity index (χ1) is 14.9. The molecule has 2 rings (SSSR count). The lowest BCUT2D eigenvalue weighted by Crippen LogP contribution is -2.47. The first kappa shape index (κ1) is 25.2. The van der Waals surface area contributed by atoms with E-state index in [0.29, 0.717) is 30.2 Å². The fourth-order valence-corrected chi connectivity index (χ4v) is 3.98. The number of carbonyl (C=O) groups excluding carboxylic acids is 2. The third-order valence-corrected chi connectivity index (χ3v) is 5.74. The van der Waals surface area contributed by atoms with Crippen LogP contribution in [-0.4, -0.2) is 50.4 Å². The lowest BCUT2D eigenvalue weighted by molar-refractivity contribution is -0.123. The summed E-state index contributed by atoms with van der Waals surface area (Å²) in [5.41, 5.74) is 0.296. The predicted octanol–water partition coefficient (Wildman–Crippen LogP) is 3.26. The van der Waals surface area contributed by atoms with Crippen LogP contribution in [0.15, 0.2) is 53.4 Å². The number of nitrogens with zero attached hydrogens (tertiary/aromatic N) is 1. The molecule has 32 heavy (non-hydrogen) atoms. The molecule has 0 aliphatic carbocycles. The van der Waals surface area contributed by atoms with E-state index in [-0.39, 0.29) is 28.8 Å². The van der Waals surface area contributed by atoms with Crippen molar-refractivity contribution in [3.63, 3.8) is 0 Å². The van der Waals surface area contributed by atoms with Crippen LogP contribution >= 0.6 is 0 Å². The van der Waals surface area contributed by atoms with Crippen LogP contribution in [0.3, 0.4) is 0 Å². The second-order valence-corrected chi connectivity index (χ2v) is 9.89. The van der Waals surface area contributed by atoms with Crippen molar-refractivity contribution in [2.75, 3.05) is 24.4 Å². The van der Waals surface area contributed by atoms with Gasteiger partial charge in [-0.3, -0.25) is 14.3 Å². The van der Waals surface area contributed by atoms with Crippen LogP contribution in [0.25, 0.3) is 0 Å². The molecule has 0 aliphatic heterocycles. The number of sulfonamides is 1. The number of anilines is 1. The van der Waals surface area contributed by atoms with Gasteiger partial charge in [0.1, 0.15) is 5.75 Å². The van der Waals surface area contributed by atoms with Gasteiger partial charge in [-0.05, 0) is 83.1 Å². The molecule has 0 saturated heterocycles. The standard InChI is InChI=1S/C23H31N3O5S/c1-6-26(16-21(27)24-23(3,4)5)22(28)17-8-10-18(11-9-17)25-32(29,30)20-14-12-19(13-15-20)31-7-2/h8-15,25H,6-7,16H2,1-5H3,(H,24,27). The van der Waals surface area contributed by atoms with Gasteiger partial charge in [0.25, 0.3) is 15.9 Å². The lowest BCUT2D eigenvalue weighted by Gasteiger charge is -2.25. The van der Waals surface area contributed by atoms with E-state index >= 15 is 0 Å². The zero-order chi connectivity index (χ0) is 23.9. The van der Waals surface area contributed by atoms with E-state index in [9.17, 15) is 18.0 Å². The summed E-state index contributed by atoms with van der Waals surface area (Å²) in [6.45, 7) is 10.1. The van der Waals surface area contributed by atoms with Gasteiger partial charge >= 0.3 is 0 Å². The molecule has 2 amide bonds. The number of ether oxygens (including phenoxy) is 1. The largest absolute Gasteiger partial charge is 0.494 e. The number of rotatable bonds is 9. The highest BCUT2D eigenvalue weighted by Gasteiger charge is 2.21. The molecule has 0 saturated carbocycles. The molecule has 2 N–H and O–H groups in total. The van der Waals surface area contributed by atoms with Crippen LogP contribution < -0.4 is 14.8 Å². The van der Waals surface area contributed by atoms with Gasteiger partial charge in [-0.15, -0.1) is 0 Å².